The standard InChI is InChI=1S/C13H14N4S/c1-8-11(15-9(2)14-8)7-17-12-6-4-3-5-10(12)16-13(17)18/h3-6H,7H2,1-2H3,(H,14,15)(H,16,18). The van der Waals surface area contributed by atoms with E-state index in [9.17, 15) is 0 Å². The minimum Gasteiger partial charge on any atom is -0.346 e. The van der Waals surface area contributed by atoms with Gasteiger partial charge in [-0.05, 0) is 26.0 Å². The smallest absolute Gasteiger partial charge is 0.166 e. The highest BCUT2D eigenvalue weighted by molar-refractivity contribution is 7.80. The fourth-order valence-corrected chi connectivity index (χ4v) is 2.47. The second-order valence-corrected chi connectivity index (χ2v) is 4.78. The Hall–Kier alpha value is -1.75. The fourth-order valence-electron chi connectivity index (χ4n) is 2.18. The monoisotopic (exact) mass is 258 g/mol. The van der Waals surface area contributed by atoms with Crippen LogP contribution in [0.15, 0.2) is 29.4 Å². The van der Waals surface area contributed by atoms with Crippen molar-refractivity contribution in [1.29, 1.82) is 0 Å². The first-order chi connectivity index (χ1) is 8.65. The summed E-state index contributed by atoms with van der Waals surface area (Å²) in [7, 11) is 0. The number of nitrogens with zero attached hydrogens (tertiary/aromatic N) is 3. The Kier molecular flexibility index (Phi) is 2.63. The number of aromatic nitrogens is 4. The van der Waals surface area contributed by atoms with Crippen molar-refractivity contribution in [2.45, 2.75) is 25.5 Å². The van der Waals surface area contributed by atoms with E-state index in [-0.39, 0.29) is 0 Å². The number of aryl methyl sites for hydroxylation is 2. The van der Waals surface area contributed by atoms with E-state index < -0.39 is 0 Å². The van der Waals surface area contributed by atoms with E-state index in [1.807, 2.05) is 32.0 Å². The average molecular weight is 258 g/mol. The zero-order valence-corrected chi connectivity index (χ0v) is 11.2. The summed E-state index contributed by atoms with van der Waals surface area (Å²) in [4.78, 5) is 12.1. The Morgan fingerprint density at radius 1 is 1.22 bits per heavy atom. The Morgan fingerprint density at radius 2 is 2.00 bits per heavy atom. The molecule has 0 saturated heterocycles. The molecule has 3 rings (SSSR count). The molecule has 0 aliphatic rings. The van der Waals surface area contributed by atoms with Crippen molar-refractivity contribution in [3.63, 3.8) is 0 Å². The van der Waals surface area contributed by atoms with Crippen molar-refractivity contribution in [2.24, 2.45) is 0 Å². The number of H-pyrrole nitrogens is 1. The van der Waals surface area contributed by atoms with Crippen LogP contribution >= 0.6 is 12.6 Å². The third-order valence-corrected chi connectivity index (χ3v) is 3.39. The van der Waals surface area contributed by atoms with Crippen LogP contribution in [0.3, 0.4) is 0 Å². The van der Waals surface area contributed by atoms with Gasteiger partial charge in [0.1, 0.15) is 5.82 Å². The number of hydrogen-bond donors (Lipinski definition) is 2. The van der Waals surface area contributed by atoms with Gasteiger partial charge in [-0.25, -0.2) is 9.97 Å². The van der Waals surface area contributed by atoms with Crippen molar-refractivity contribution in [3.05, 3.63) is 41.5 Å². The summed E-state index contributed by atoms with van der Waals surface area (Å²) in [5.74, 6) is 0.938. The van der Waals surface area contributed by atoms with Gasteiger partial charge >= 0.3 is 0 Å². The van der Waals surface area contributed by atoms with E-state index in [4.69, 9.17) is 0 Å². The molecule has 18 heavy (non-hydrogen) atoms. The minimum absolute atomic E-state index is 0.690. The van der Waals surface area contributed by atoms with Crippen molar-refractivity contribution < 1.29 is 0 Å². The molecular weight excluding hydrogens is 244 g/mol. The molecular formula is C13H14N4S. The number of aromatic amines is 1. The number of nitrogens with one attached hydrogen (secondary N) is 1. The van der Waals surface area contributed by atoms with Gasteiger partial charge in [-0.15, -0.1) is 12.6 Å². The molecule has 0 bridgehead atoms. The van der Waals surface area contributed by atoms with Gasteiger partial charge < -0.3 is 9.55 Å². The number of rotatable bonds is 2. The maximum atomic E-state index is 4.49. The van der Waals surface area contributed by atoms with E-state index in [0.29, 0.717) is 6.54 Å². The molecule has 0 aliphatic heterocycles. The van der Waals surface area contributed by atoms with E-state index >= 15 is 0 Å². The lowest BCUT2D eigenvalue weighted by Crippen LogP contribution is -2.02. The number of hydrogen-bond acceptors (Lipinski definition) is 3. The number of para-hydroxylation sites is 2. The van der Waals surface area contributed by atoms with Crippen LogP contribution in [0.25, 0.3) is 11.0 Å². The van der Waals surface area contributed by atoms with Crippen LogP contribution in [0.4, 0.5) is 0 Å². The molecule has 0 atom stereocenters. The fraction of sp³-hybridized carbons (Fsp3) is 0.231. The summed E-state index contributed by atoms with van der Waals surface area (Å²) in [6.07, 6.45) is 0. The number of imidazole rings is 2. The van der Waals surface area contributed by atoms with Crippen LogP contribution < -0.4 is 0 Å². The molecule has 4 nitrogen and oxygen atoms in total. The minimum atomic E-state index is 0.690. The Labute approximate surface area is 110 Å². The molecule has 0 spiro atoms. The normalized spacial score (nSPS) is 11.3. The summed E-state index contributed by atoms with van der Waals surface area (Å²) in [6, 6.07) is 8.04. The topological polar surface area (TPSA) is 46.5 Å². The van der Waals surface area contributed by atoms with Gasteiger partial charge in [-0.2, -0.15) is 0 Å². The van der Waals surface area contributed by atoms with Crippen molar-refractivity contribution in [3.8, 4) is 0 Å². The number of fused-ring (bicyclic) bond motifs is 1. The molecule has 0 fully saturated rings. The molecule has 1 aromatic carbocycles. The van der Waals surface area contributed by atoms with Gasteiger partial charge in [0.05, 0.1) is 23.3 Å². The van der Waals surface area contributed by atoms with Crippen LogP contribution in [-0.2, 0) is 6.54 Å². The predicted molar refractivity (Wildman–Crippen MR) is 74.1 cm³/mol. The van der Waals surface area contributed by atoms with E-state index in [1.54, 1.807) is 0 Å². The zero-order chi connectivity index (χ0) is 12.7. The van der Waals surface area contributed by atoms with Gasteiger partial charge in [-0.1, -0.05) is 12.1 Å². The van der Waals surface area contributed by atoms with Gasteiger partial charge in [0, 0.05) is 5.69 Å². The van der Waals surface area contributed by atoms with Crippen LogP contribution in [0.2, 0.25) is 0 Å². The molecule has 2 heterocycles. The van der Waals surface area contributed by atoms with Crippen LogP contribution in [0.5, 0.6) is 0 Å². The molecule has 0 radical (unpaired) electrons. The molecule has 0 amide bonds. The Bertz CT molecular complexity index is 711. The lowest BCUT2D eigenvalue weighted by atomic mass is 10.3. The van der Waals surface area contributed by atoms with Crippen molar-refractivity contribution in [2.75, 3.05) is 0 Å². The summed E-state index contributed by atoms with van der Waals surface area (Å²) >= 11 is 4.44. The van der Waals surface area contributed by atoms with Crippen LogP contribution in [-0.4, -0.2) is 19.5 Å². The quantitative estimate of drug-likeness (QED) is 0.694. The average Bonchev–Trinajstić information content (AvgIpc) is 2.81. The first-order valence-corrected chi connectivity index (χ1v) is 6.26. The van der Waals surface area contributed by atoms with Gasteiger partial charge in [0.2, 0.25) is 0 Å². The summed E-state index contributed by atoms with van der Waals surface area (Å²) in [5, 5.41) is 0.719. The molecule has 2 aromatic heterocycles. The highest BCUT2D eigenvalue weighted by Crippen LogP contribution is 2.20. The zero-order valence-electron chi connectivity index (χ0n) is 10.3. The second-order valence-electron chi connectivity index (χ2n) is 4.38. The van der Waals surface area contributed by atoms with E-state index in [2.05, 4.69) is 38.2 Å². The summed E-state index contributed by atoms with van der Waals surface area (Å²) < 4.78 is 2.07. The molecule has 3 aromatic rings. The van der Waals surface area contributed by atoms with E-state index in [1.165, 1.54) is 0 Å². The van der Waals surface area contributed by atoms with E-state index in [0.717, 1.165) is 33.4 Å². The molecule has 0 saturated carbocycles. The Balaban J connectivity index is 2.09. The molecule has 5 heteroatoms. The first-order valence-electron chi connectivity index (χ1n) is 5.81. The van der Waals surface area contributed by atoms with Crippen LogP contribution in [0.1, 0.15) is 17.2 Å². The maximum Gasteiger partial charge on any atom is 0.166 e. The highest BCUT2D eigenvalue weighted by atomic mass is 32.1. The first kappa shape index (κ1) is 11.3. The lowest BCUT2D eigenvalue weighted by Gasteiger charge is -2.04. The lowest BCUT2D eigenvalue weighted by molar-refractivity contribution is 0.716. The maximum absolute atomic E-state index is 4.49. The third-order valence-electron chi connectivity index (χ3n) is 3.05. The number of benzene rings is 1. The van der Waals surface area contributed by atoms with Crippen molar-refractivity contribution >= 4 is 23.7 Å². The molecule has 1 N–H and O–H groups in total. The molecule has 0 unspecified atom stereocenters. The third kappa shape index (κ3) is 1.80. The van der Waals surface area contributed by atoms with Gasteiger partial charge in [-0.3, -0.25) is 0 Å². The Morgan fingerprint density at radius 3 is 2.72 bits per heavy atom. The molecule has 92 valence electrons. The highest BCUT2D eigenvalue weighted by Gasteiger charge is 2.11. The van der Waals surface area contributed by atoms with Gasteiger partial charge in [0.15, 0.2) is 5.16 Å². The largest absolute Gasteiger partial charge is 0.346 e. The second kappa shape index (κ2) is 4.17. The number of thiol groups is 1. The predicted octanol–water partition coefficient (Wildman–Crippen LogP) is 2.71. The van der Waals surface area contributed by atoms with Gasteiger partial charge in [0.25, 0.3) is 0 Å². The summed E-state index contributed by atoms with van der Waals surface area (Å²) in [5.41, 5.74) is 4.18. The van der Waals surface area contributed by atoms with Crippen molar-refractivity contribution in [1.82, 2.24) is 19.5 Å². The summed E-state index contributed by atoms with van der Waals surface area (Å²) in [6.45, 7) is 4.69. The molecule has 0 aliphatic carbocycles. The van der Waals surface area contributed by atoms with Crippen LogP contribution in [0, 0.1) is 13.8 Å². The SMILES string of the molecule is Cc1nc(Cn2c(S)nc3ccccc32)c(C)[nH]1.